The molecule has 0 radical (unpaired) electrons. The number of hydrogen-bond donors (Lipinski definition) is 6. The zero-order valence-electron chi connectivity index (χ0n) is 12.1. The molecule has 0 saturated carbocycles. The highest BCUT2D eigenvalue weighted by Crippen LogP contribution is 2.25. The van der Waals surface area contributed by atoms with Crippen LogP contribution in [0.2, 0.25) is 0 Å². The Labute approximate surface area is 130 Å². The van der Waals surface area contributed by atoms with Crippen molar-refractivity contribution in [3.63, 3.8) is 0 Å². The van der Waals surface area contributed by atoms with Gasteiger partial charge in [0.1, 0.15) is 36.6 Å². The van der Waals surface area contributed by atoms with Crippen molar-refractivity contribution < 1.29 is 54.4 Å². The lowest BCUT2D eigenvalue weighted by Gasteiger charge is -2.41. The molecule has 1 heterocycles. The van der Waals surface area contributed by atoms with Crippen molar-refractivity contribution in [2.75, 3.05) is 13.7 Å². The molecule has 1 aliphatic heterocycles. The summed E-state index contributed by atoms with van der Waals surface area (Å²) in [5.41, 5.74) is 0. The van der Waals surface area contributed by atoms with Crippen LogP contribution in [0.25, 0.3) is 0 Å². The topological polar surface area (TPSA) is 183 Å². The fourth-order valence-corrected chi connectivity index (χ4v) is 2.09. The summed E-state index contributed by atoms with van der Waals surface area (Å²) >= 11 is 0. The third-order valence-electron chi connectivity index (χ3n) is 3.40. The number of methoxy groups -OCH3 is 1. The minimum Gasteiger partial charge on any atom is -0.479 e. The maximum atomic E-state index is 11.1. The van der Waals surface area contributed by atoms with E-state index in [1.54, 1.807) is 0 Å². The first-order valence-electron chi connectivity index (χ1n) is 6.63. The highest BCUT2D eigenvalue weighted by Gasteiger charge is 2.49. The maximum absolute atomic E-state index is 11.1. The van der Waals surface area contributed by atoms with Crippen LogP contribution in [0, 0.1) is 0 Å². The summed E-state index contributed by atoms with van der Waals surface area (Å²) in [6, 6.07) is 0. The molecule has 0 aromatic heterocycles. The largest absolute Gasteiger partial charge is 0.479 e. The minimum absolute atomic E-state index is 0.0736. The monoisotopic (exact) mass is 340 g/mol. The first-order valence-corrected chi connectivity index (χ1v) is 6.63. The van der Waals surface area contributed by atoms with Crippen molar-refractivity contribution in [3.8, 4) is 0 Å². The Morgan fingerprint density at radius 2 is 1.91 bits per heavy atom. The first-order chi connectivity index (χ1) is 10.8. The number of aliphatic hydroxyl groups excluding tert-OH is 5. The quantitative estimate of drug-likeness (QED) is 0.236. The molecule has 1 saturated heterocycles. The molecule has 6 N–H and O–H groups in total. The molecular formula is C12H20O11. The Hall–Kier alpha value is -1.18. The summed E-state index contributed by atoms with van der Waals surface area (Å²) in [6.45, 7) is -0.866. The summed E-state index contributed by atoms with van der Waals surface area (Å²) in [4.78, 5) is 22.1. The molecular weight excluding hydrogens is 320 g/mol. The van der Waals surface area contributed by atoms with Gasteiger partial charge in [0, 0.05) is 7.11 Å². The van der Waals surface area contributed by atoms with Gasteiger partial charge in [0.15, 0.2) is 18.7 Å². The van der Waals surface area contributed by atoms with Crippen molar-refractivity contribution >= 4 is 12.3 Å². The zero-order chi connectivity index (χ0) is 17.7. The predicted molar refractivity (Wildman–Crippen MR) is 69.1 cm³/mol. The molecule has 1 rings (SSSR count). The van der Waals surface area contributed by atoms with Gasteiger partial charge in [-0.05, 0) is 0 Å². The average molecular weight is 340 g/mol. The van der Waals surface area contributed by atoms with Gasteiger partial charge in [-0.15, -0.1) is 0 Å². The van der Waals surface area contributed by atoms with E-state index in [-0.39, 0.29) is 6.29 Å². The Morgan fingerprint density at radius 1 is 1.30 bits per heavy atom. The molecule has 0 amide bonds. The van der Waals surface area contributed by atoms with E-state index in [0.29, 0.717) is 0 Å². The number of aliphatic hydroxyl groups is 5. The molecule has 1 fully saturated rings. The van der Waals surface area contributed by atoms with Crippen LogP contribution in [-0.2, 0) is 23.8 Å². The maximum Gasteiger partial charge on any atom is 0.335 e. The number of carbonyl (C=O) groups is 2. The molecule has 0 bridgehead atoms. The number of carboxylic acids is 1. The second kappa shape index (κ2) is 8.61. The number of rotatable bonds is 8. The van der Waals surface area contributed by atoms with Crippen LogP contribution in [0.15, 0.2) is 0 Å². The molecule has 0 unspecified atom stereocenters. The lowest BCUT2D eigenvalue weighted by Crippen LogP contribution is -2.62. The predicted octanol–water partition coefficient (Wildman–Crippen LogP) is -4.17. The third-order valence-corrected chi connectivity index (χ3v) is 3.40. The number of ether oxygens (including phenoxy) is 3. The van der Waals surface area contributed by atoms with Crippen molar-refractivity contribution in [2.24, 2.45) is 0 Å². The molecule has 0 aromatic rings. The van der Waals surface area contributed by atoms with Gasteiger partial charge < -0.3 is 49.6 Å². The molecule has 11 heteroatoms. The highest BCUT2D eigenvalue weighted by atomic mass is 16.7. The SMILES string of the molecule is CO[C@H]1[C@H](O)[C@@H](O)[C@@H](O[C@@H](C=O)[C@@H](O)[C@H](O)CO)O[C@@H]1C(=O)O. The third kappa shape index (κ3) is 4.43. The lowest BCUT2D eigenvalue weighted by atomic mass is 9.98. The molecule has 8 atom stereocenters. The first kappa shape index (κ1) is 19.9. The molecule has 0 aliphatic carbocycles. The molecule has 134 valence electrons. The van der Waals surface area contributed by atoms with Crippen LogP contribution in [0.5, 0.6) is 0 Å². The highest BCUT2D eigenvalue weighted by molar-refractivity contribution is 5.73. The van der Waals surface area contributed by atoms with Crippen LogP contribution < -0.4 is 0 Å². The lowest BCUT2D eigenvalue weighted by molar-refractivity contribution is -0.310. The van der Waals surface area contributed by atoms with E-state index in [4.69, 9.17) is 24.4 Å². The van der Waals surface area contributed by atoms with Gasteiger partial charge in [0.25, 0.3) is 0 Å². The van der Waals surface area contributed by atoms with E-state index in [0.717, 1.165) is 7.11 Å². The van der Waals surface area contributed by atoms with Crippen molar-refractivity contribution in [1.29, 1.82) is 0 Å². The van der Waals surface area contributed by atoms with E-state index in [1.165, 1.54) is 0 Å². The standard InChI is InChI=1S/C12H20O11/c1-21-9-7(17)8(18)12(23-10(9)11(19)20)22-5(3-14)6(16)4(15)2-13/h3-10,12-13,15-18H,2H2,1H3,(H,19,20)/t4-,5+,6+,7-,8-,9+,10+,12+/m1/s1. The summed E-state index contributed by atoms with van der Waals surface area (Å²) in [5, 5.41) is 56.4. The number of carbonyl (C=O) groups excluding carboxylic acids is 1. The van der Waals surface area contributed by atoms with Gasteiger partial charge in [-0.3, -0.25) is 0 Å². The van der Waals surface area contributed by atoms with Crippen LogP contribution in [-0.4, -0.2) is 106 Å². The second-order valence-corrected chi connectivity index (χ2v) is 4.92. The van der Waals surface area contributed by atoms with E-state index in [1.807, 2.05) is 0 Å². The van der Waals surface area contributed by atoms with E-state index >= 15 is 0 Å². The normalized spacial score (nSPS) is 35.3. The van der Waals surface area contributed by atoms with Gasteiger partial charge in [0.2, 0.25) is 0 Å². The Balaban J connectivity index is 2.89. The number of aldehydes is 1. The van der Waals surface area contributed by atoms with Crippen LogP contribution >= 0.6 is 0 Å². The Kier molecular flexibility index (Phi) is 7.44. The molecule has 11 nitrogen and oxygen atoms in total. The fraction of sp³-hybridized carbons (Fsp3) is 0.833. The fourth-order valence-electron chi connectivity index (χ4n) is 2.09. The average Bonchev–Trinajstić information content (AvgIpc) is 2.54. The van der Waals surface area contributed by atoms with Gasteiger partial charge in [-0.1, -0.05) is 0 Å². The van der Waals surface area contributed by atoms with E-state index in [2.05, 4.69) is 0 Å². The van der Waals surface area contributed by atoms with Crippen molar-refractivity contribution in [3.05, 3.63) is 0 Å². The Morgan fingerprint density at radius 3 is 2.35 bits per heavy atom. The van der Waals surface area contributed by atoms with Gasteiger partial charge >= 0.3 is 5.97 Å². The molecule has 1 aliphatic rings. The van der Waals surface area contributed by atoms with Crippen LogP contribution in [0.4, 0.5) is 0 Å². The smallest absolute Gasteiger partial charge is 0.335 e. The van der Waals surface area contributed by atoms with E-state index < -0.39 is 61.6 Å². The van der Waals surface area contributed by atoms with Gasteiger partial charge in [-0.25, -0.2) is 4.79 Å². The van der Waals surface area contributed by atoms with Crippen molar-refractivity contribution in [2.45, 2.75) is 49.0 Å². The Bertz CT molecular complexity index is 402. The van der Waals surface area contributed by atoms with Crippen LogP contribution in [0.3, 0.4) is 0 Å². The number of aliphatic carboxylic acids is 1. The van der Waals surface area contributed by atoms with Crippen LogP contribution in [0.1, 0.15) is 0 Å². The zero-order valence-corrected chi connectivity index (χ0v) is 12.1. The second-order valence-electron chi connectivity index (χ2n) is 4.92. The molecule has 23 heavy (non-hydrogen) atoms. The van der Waals surface area contributed by atoms with Gasteiger partial charge in [0.05, 0.1) is 6.61 Å². The molecule has 0 aromatic carbocycles. The summed E-state index contributed by atoms with van der Waals surface area (Å²) in [7, 11) is 1.11. The van der Waals surface area contributed by atoms with E-state index in [9.17, 15) is 30.0 Å². The minimum atomic E-state index is -1.85. The number of carboxylic acid groups (broad SMARTS) is 1. The van der Waals surface area contributed by atoms with Gasteiger partial charge in [-0.2, -0.15) is 0 Å². The van der Waals surface area contributed by atoms with Crippen molar-refractivity contribution in [1.82, 2.24) is 0 Å². The summed E-state index contributed by atoms with van der Waals surface area (Å²) < 4.78 is 14.7. The molecule has 0 spiro atoms. The summed E-state index contributed by atoms with van der Waals surface area (Å²) in [6.07, 6.45) is -13.6. The summed E-state index contributed by atoms with van der Waals surface area (Å²) in [5.74, 6) is -1.50. The number of hydrogen-bond acceptors (Lipinski definition) is 10.